The molecule has 1 amide bonds. The molecule has 0 bridgehead atoms. The fraction of sp³-hybridized carbons (Fsp3) is 0.231. The minimum atomic E-state index is -5.85. The van der Waals surface area contributed by atoms with Gasteiger partial charge in [-0.1, -0.05) is 35.3 Å². The fourth-order valence-electron chi connectivity index (χ4n) is 1.82. The molecule has 2 rings (SSSR count). The highest BCUT2D eigenvalue weighted by atomic mass is 35.5. The van der Waals surface area contributed by atoms with Gasteiger partial charge in [0.15, 0.2) is 5.69 Å². The van der Waals surface area contributed by atoms with Gasteiger partial charge in [0.2, 0.25) is 0 Å². The van der Waals surface area contributed by atoms with E-state index in [9.17, 15) is 35.2 Å². The lowest BCUT2D eigenvalue weighted by Gasteiger charge is -2.20. The molecule has 1 aromatic carbocycles. The van der Waals surface area contributed by atoms with Gasteiger partial charge >= 0.3 is 12.1 Å². The summed E-state index contributed by atoms with van der Waals surface area (Å²) in [6.07, 6.45) is -5.39. The number of benzene rings is 1. The molecule has 0 atom stereocenters. The van der Waals surface area contributed by atoms with Gasteiger partial charge < -0.3 is 4.57 Å². The number of nitrogens with one attached hydrogen (secondary N) is 1. The summed E-state index contributed by atoms with van der Waals surface area (Å²) in [5, 5.41) is -1.11. The Kier molecular flexibility index (Phi) is 5.74. The third-order valence-corrected chi connectivity index (χ3v) is 5.35. The third kappa shape index (κ3) is 4.50. The molecule has 0 radical (unpaired) electrons. The minimum Gasteiger partial charge on any atom is -0.315 e. The van der Waals surface area contributed by atoms with E-state index in [0.29, 0.717) is 6.33 Å². The standard InChI is InChI=1S/C13H8Cl2F5N3O3S/c14-7-3-1-2-4-8(7)27(25,26)22-11(24)9-10(15)23(6-21-9)5-12(16,17)13(18,19)20/h1-4,6H,5H2,(H,22,24). The average Bonchev–Trinajstić information content (AvgIpc) is 2.86. The Labute approximate surface area is 158 Å². The number of carbonyl (C=O) groups excluding carboxylic acids is 1. The summed E-state index contributed by atoms with van der Waals surface area (Å²) in [5.41, 5.74) is -0.856. The Morgan fingerprint density at radius 2 is 1.74 bits per heavy atom. The molecule has 27 heavy (non-hydrogen) atoms. The van der Waals surface area contributed by atoms with Crippen molar-refractivity contribution in [2.45, 2.75) is 23.5 Å². The number of imidazole rings is 1. The Morgan fingerprint density at radius 3 is 2.30 bits per heavy atom. The Hall–Kier alpha value is -1.92. The van der Waals surface area contributed by atoms with E-state index in [-0.39, 0.29) is 9.59 Å². The van der Waals surface area contributed by atoms with Crippen LogP contribution in [0.5, 0.6) is 0 Å². The summed E-state index contributed by atoms with van der Waals surface area (Å²) in [7, 11) is -4.47. The second-order valence-corrected chi connectivity index (χ2v) is 7.50. The molecular weight excluding hydrogens is 444 g/mol. The normalized spacial score (nSPS) is 12.9. The Bertz CT molecular complexity index is 976. The van der Waals surface area contributed by atoms with Crippen LogP contribution in [0.3, 0.4) is 0 Å². The molecule has 1 heterocycles. The van der Waals surface area contributed by atoms with Crippen molar-refractivity contribution in [3.05, 3.63) is 46.5 Å². The van der Waals surface area contributed by atoms with E-state index in [1.165, 1.54) is 18.2 Å². The Morgan fingerprint density at radius 1 is 1.15 bits per heavy atom. The fourth-order valence-corrected chi connectivity index (χ4v) is 3.53. The third-order valence-electron chi connectivity index (χ3n) is 3.13. The van der Waals surface area contributed by atoms with Crippen molar-refractivity contribution >= 4 is 39.1 Å². The van der Waals surface area contributed by atoms with Gasteiger partial charge in [0, 0.05) is 0 Å². The number of nitrogens with zero attached hydrogens (tertiary/aromatic N) is 2. The molecule has 14 heteroatoms. The number of amides is 1. The van der Waals surface area contributed by atoms with E-state index in [0.717, 1.165) is 6.07 Å². The number of aromatic nitrogens is 2. The first-order chi connectivity index (χ1) is 12.3. The highest BCUT2D eigenvalue weighted by molar-refractivity contribution is 7.90. The minimum absolute atomic E-state index is 0.173. The molecule has 0 aliphatic heterocycles. The summed E-state index contributed by atoms with van der Waals surface area (Å²) in [6.45, 7) is -1.94. The quantitative estimate of drug-likeness (QED) is 0.705. The van der Waals surface area contributed by atoms with Crippen LogP contribution < -0.4 is 4.72 Å². The molecule has 148 valence electrons. The van der Waals surface area contributed by atoms with Crippen LogP contribution in [0.1, 0.15) is 10.5 Å². The summed E-state index contributed by atoms with van der Waals surface area (Å²) < 4.78 is 89.0. The summed E-state index contributed by atoms with van der Waals surface area (Å²) in [6, 6.07) is 5.08. The molecule has 0 unspecified atom stereocenters. The van der Waals surface area contributed by atoms with Crippen LogP contribution in [-0.4, -0.2) is 36.0 Å². The molecule has 1 N–H and O–H groups in total. The maximum atomic E-state index is 13.1. The van der Waals surface area contributed by atoms with Gasteiger partial charge in [0.05, 0.1) is 17.9 Å². The predicted molar refractivity (Wildman–Crippen MR) is 84.3 cm³/mol. The number of sulfonamides is 1. The van der Waals surface area contributed by atoms with Crippen LogP contribution in [-0.2, 0) is 16.6 Å². The van der Waals surface area contributed by atoms with Crippen LogP contribution in [0.15, 0.2) is 35.5 Å². The van der Waals surface area contributed by atoms with Gasteiger partial charge in [-0.3, -0.25) is 4.79 Å². The maximum Gasteiger partial charge on any atom is 0.455 e. The predicted octanol–water partition coefficient (Wildman–Crippen LogP) is 3.51. The lowest BCUT2D eigenvalue weighted by Crippen LogP contribution is -2.40. The van der Waals surface area contributed by atoms with E-state index in [2.05, 4.69) is 4.98 Å². The molecule has 6 nitrogen and oxygen atoms in total. The zero-order valence-electron chi connectivity index (χ0n) is 12.8. The monoisotopic (exact) mass is 451 g/mol. The van der Waals surface area contributed by atoms with E-state index in [1.807, 2.05) is 0 Å². The number of halogens is 7. The molecule has 0 spiro atoms. The SMILES string of the molecule is O=C(NS(=O)(=O)c1ccccc1Cl)c1ncn(CC(F)(F)C(F)(F)F)c1Cl. The summed E-state index contributed by atoms with van der Waals surface area (Å²) in [4.78, 5) is 14.9. The highest BCUT2D eigenvalue weighted by Gasteiger charge is 2.57. The topological polar surface area (TPSA) is 81.1 Å². The molecule has 0 aliphatic carbocycles. The van der Waals surface area contributed by atoms with Gasteiger partial charge in [-0.25, -0.2) is 18.1 Å². The van der Waals surface area contributed by atoms with Crippen LogP contribution in [0.4, 0.5) is 22.0 Å². The van der Waals surface area contributed by atoms with Crippen molar-refractivity contribution in [3.63, 3.8) is 0 Å². The number of hydrogen-bond donors (Lipinski definition) is 1. The van der Waals surface area contributed by atoms with Crippen LogP contribution in [0, 0.1) is 0 Å². The second-order valence-electron chi connectivity index (χ2n) is 5.08. The van der Waals surface area contributed by atoms with Crippen LogP contribution >= 0.6 is 23.2 Å². The zero-order valence-corrected chi connectivity index (χ0v) is 15.1. The summed E-state index contributed by atoms with van der Waals surface area (Å²) in [5.74, 6) is -6.58. The van der Waals surface area contributed by atoms with Crippen molar-refractivity contribution in [2.24, 2.45) is 0 Å². The molecule has 2 aromatic rings. The Balaban J connectivity index is 2.27. The van der Waals surface area contributed by atoms with Gasteiger partial charge in [0.1, 0.15) is 10.0 Å². The van der Waals surface area contributed by atoms with Crippen molar-refractivity contribution in [2.75, 3.05) is 0 Å². The van der Waals surface area contributed by atoms with Gasteiger partial charge in [-0.05, 0) is 12.1 Å². The van der Waals surface area contributed by atoms with Crippen molar-refractivity contribution < 1.29 is 35.2 Å². The smallest absolute Gasteiger partial charge is 0.315 e. The zero-order chi connectivity index (χ0) is 20.6. The lowest BCUT2D eigenvalue weighted by molar-refractivity contribution is -0.286. The average molecular weight is 452 g/mol. The first-order valence-electron chi connectivity index (χ1n) is 6.73. The molecule has 1 aromatic heterocycles. The molecule has 0 fully saturated rings. The van der Waals surface area contributed by atoms with Crippen molar-refractivity contribution in [1.82, 2.24) is 14.3 Å². The van der Waals surface area contributed by atoms with Crippen LogP contribution in [0.25, 0.3) is 0 Å². The van der Waals surface area contributed by atoms with E-state index in [4.69, 9.17) is 23.2 Å². The van der Waals surface area contributed by atoms with E-state index < -0.39 is 50.3 Å². The first-order valence-corrected chi connectivity index (χ1v) is 8.97. The first kappa shape index (κ1) is 21.4. The van der Waals surface area contributed by atoms with E-state index >= 15 is 0 Å². The number of rotatable bonds is 5. The molecule has 0 saturated carbocycles. The summed E-state index contributed by atoms with van der Waals surface area (Å²) >= 11 is 11.3. The van der Waals surface area contributed by atoms with E-state index in [1.54, 1.807) is 4.72 Å². The van der Waals surface area contributed by atoms with Crippen molar-refractivity contribution in [1.29, 1.82) is 0 Å². The highest BCUT2D eigenvalue weighted by Crippen LogP contribution is 2.37. The van der Waals surface area contributed by atoms with Gasteiger partial charge in [-0.2, -0.15) is 22.0 Å². The lowest BCUT2D eigenvalue weighted by atomic mass is 10.3. The molecule has 0 saturated heterocycles. The van der Waals surface area contributed by atoms with Crippen LogP contribution in [0.2, 0.25) is 10.2 Å². The number of hydrogen-bond acceptors (Lipinski definition) is 4. The maximum absolute atomic E-state index is 13.1. The largest absolute Gasteiger partial charge is 0.455 e. The number of alkyl halides is 5. The molecular formula is C13H8Cl2F5N3O3S. The van der Waals surface area contributed by atoms with Crippen molar-refractivity contribution in [3.8, 4) is 0 Å². The van der Waals surface area contributed by atoms with Gasteiger partial charge in [0.25, 0.3) is 15.9 Å². The van der Waals surface area contributed by atoms with Gasteiger partial charge in [-0.15, -0.1) is 0 Å². The number of carbonyl (C=O) groups is 1. The second kappa shape index (κ2) is 7.24. The molecule has 0 aliphatic rings.